The van der Waals surface area contributed by atoms with Gasteiger partial charge in [-0.15, -0.1) is 0 Å². The molecule has 0 aliphatic heterocycles. The Kier molecular flexibility index (Phi) is 5.41. The Morgan fingerprint density at radius 2 is 1.61 bits per heavy atom. The molecule has 0 bridgehead atoms. The van der Waals surface area contributed by atoms with Crippen LogP contribution in [0.2, 0.25) is 19.1 Å². The summed E-state index contributed by atoms with van der Waals surface area (Å²) in [5.41, 5.74) is -0.0201. The van der Waals surface area contributed by atoms with Gasteiger partial charge in [0.15, 0.2) is 8.32 Å². The molecular weight excluding hydrogens is 257 g/mol. The molecule has 0 fully saturated rings. The lowest BCUT2D eigenvalue weighted by atomic mass is 10.1. The zero-order chi connectivity index (χ0) is 13.8. The van der Waals surface area contributed by atoms with Gasteiger partial charge in [0, 0.05) is 24.8 Å². The predicted molar refractivity (Wildman–Crippen MR) is 68.6 cm³/mol. The van der Waals surface area contributed by atoms with E-state index in [0.29, 0.717) is 12.8 Å². The Morgan fingerprint density at radius 3 is 2.11 bits per heavy atom. The van der Waals surface area contributed by atoms with Crippen molar-refractivity contribution in [3.8, 4) is 0 Å². The van der Waals surface area contributed by atoms with Crippen LogP contribution in [-0.2, 0) is 10.8 Å². The Labute approximate surface area is 107 Å². The van der Waals surface area contributed by atoms with Gasteiger partial charge in [0.1, 0.15) is 17.5 Å². The molecule has 1 aromatic carbocycles. The summed E-state index contributed by atoms with van der Waals surface area (Å²) in [7, 11) is 0.101. The second-order valence-corrected chi connectivity index (χ2v) is 9.45. The molecule has 1 aromatic rings. The molecule has 1 rings (SSSR count). The van der Waals surface area contributed by atoms with Crippen molar-refractivity contribution in [3.63, 3.8) is 0 Å². The minimum absolute atomic E-state index is 0.0201. The molecule has 0 aliphatic rings. The Morgan fingerprint density at radius 1 is 1.06 bits per heavy atom. The highest BCUT2D eigenvalue weighted by molar-refractivity contribution is 6.71. The fourth-order valence-electron chi connectivity index (χ4n) is 1.77. The SMILES string of the molecule is CO[Si](C)(C)CCCCc1c(F)cc(F)cc1F. The van der Waals surface area contributed by atoms with Crippen molar-refractivity contribution in [2.75, 3.05) is 7.11 Å². The van der Waals surface area contributed by atoms with Crippen LogP contribution >= 0.6 is 0 Å². The maximum Gasteiger partial charge on any atom is 0.186 e. The number of halogens is 3. The molecule has 1 nitrogen and oxygen atoms in total. The molecule has 0 saturated carbocycles. The maximum absolute atomic E-state index is 13.3. The highest BCUT2D eigenvalue weighted by Crippen LogP contribution is 2.19. The smallest absolute Gasteiger partial charge is 0.186 e. The first-order valence-electron chi connectivity index (χ1n) is 6.04. The molecular formula is C13H19F3OSi. The van der Waals surface area contributed by atoms with Gasteiger partial charge in [0.05, 0.1) is 0 Å². The average molecular weight is 276 g/mol. The average Bonchev–Trinajstić information content (AvgIpc) is 2.26. The first-order valence-corrected chi connectivity index (χ1v) is 9.16. The quantitative estimate of drug-likeness (QED) is 0.556. The van der Waals surface area contributed by atoms with Gasteiger partial charge in [-0.3, -0.25) is 0 Å². The Bertz CT molecular complexity index is 384. The van der Waals surface area contributed by atoms with Gasteiger partial charge in [-0.2, -0.15) is 0 Å². The van der Waals surface area contributed by atoms with Crippen molar-refractivity contribution in [3.05, 3.63) is 35.1 Å². The standard InChI is InChI=1S/C13H19F3OSi/c1-17-18(2,3)7-5-4-6-11-12(15)8-10(14)9-13(11)16/h8-9H,4-7H2,1-3H3. The largest absolute Gasteiger partial charge is 0.420 e. The second kappa shape index (κ2) is 6.38. The van der Waals surface area contributed by atoms with E-state index >= 15 is 0 Å². The van der Waals surface area contributed by atoms with Gasteiger partial charge in [-0.25, -0.2) is 13.2 Å². The summed E-state index contributed by atoms with van der Waals surface area (Å²) in [6, 6.07) is 2.41. The van der Waals surface area contributed by atoms with Crippen LogP contribution < -0.4 is 0 Å². The number of rotatable bonds is 6. The molecule has 0 amide bonds. The van der Waals surface area contributed by atoms with E-state index in [9.17, 15) is 13.2 Å². The van der Waals surface area contributed by atoms with E-state index < -0.39 is 25.8 Å². The third-order valence-corrected chi connectivity index (χ3v) is 5.78. The Balaban J connectivity index is 2.50. The first-order chi connectivity index (χ1) is 8.35. The van der Waals surface area contributed by atoms with Gasteiger partial charge >= 0.3 is 0 Å². The van der Waals surface area contributed by atoms with Gasteiger partial charge in [0.25, 0.3) is 0 Å². The summed E-state index contributed by atoms with van der Waals surface area (Å²) in [6.07, 6.45) is 1.84. The zero-order valence-electron chi connectivity index (χ0n) is 11.0. The molecule has 18 heavy (non-hydrogen) atoms. The van der Waals surface area contributed by atoms with Crippen LogP contribution in [0.3, 0.4) is 0 Å². The lowest BCUT2D eigenvalue weighted by Crippen LogP contribution is -2.27. The van der Waals surface area contributed by atoms with Gasteiger partial charge in [-0.1, -0.05) is 6.42 Å². The lowest BCUT2D eigenvalue weighted by molar-refractivity contribution is 0.401. The topological polar surface area (TPSA) is 9.23 Å². The summed E-state index contributed by atoms with van der Waals surface area (Å²) in [4.78, 5) is 0. The van der Waals surface area contributed by atoms with Crippen LogP contribution in [0, 0.1) is 17.5 Å². The van der Waals surface area contributed by atoms with Gasteiger partial charge in [0.2, 0.25) is 0 Å². The highest BCUT2D eigenvalue weighted by atomic mass is 28.4. The van der Waals surface area contributed by atoms with Crippen molar-refractivity contribution < 1.29 is 17.6 Å². The summed E-state index contributed by atoms with van der Waals surface area (Å²) in [5.74, 6) is -2.46. The molecule has 0 aromatic heterocycles. The summed E-state index contributed by atoms with van der Waals surface area (Å²) >= 11 is 0. The van der Waals surface area contributed by atoms with E-state index in [-0.39, 0.29) is 5.56 Å². The molecule has 0 radical (unpaired) electrons. The van der Waals surface area contributed by atoms with Gasteiger partial charge in [-0.05, 0) is 32.0 Å². The van der Waals surface area contributed by atoms with Crippen molar-refractivity contribution in [1.29, 1.82) is 0 Å². The van der Waals surface area contributed by atoms with Crippen LogP contribution in [0.5, 0.6) is 0 Å². The van der Waals surface area contributed by atoms with Crippen molar-refractivity contribution >= 4 is 8.32 Å². The fourth-order valence-corrected chi connectivity index (χ4v) is 3.07. The number of hydrogen-bond acceptors (Lipinski definition) is 1. The molecule has 0 saturated heterocycles. The first kappa shape index (κ1) is 15.2. The van der Waals surface area contributed by atoms with Crippen LogP contribution in [0.15, 0.2) is 12.1 Å². The molecule has 0 heterocycles. The molecule has 0 N–H and O–H groups in total. The minimum Gasteiger partial charge on any atom is -0.420 e. The van der Waals surface area contributed by atoms with E-state index in [1.54, 1.807) is 7.11 Å². The summed E-state index contributed by atoms with van der Waals surface area (Å²) < 4.78 is 44.8. The fraction of sp³-hybridized carbons (Fsp3) is 0.538. The lowest BCUT2D eigenvalue weighted by Gasteiger charge is -2.19. The number of unbranched alkanes of at least 4 members (excludes halogenated alkanes) is 1. The number of benzene rings is 1. The molecule has 0 aliphatic carbocycles. The van der Waals surface area contributed by atoms with E-state index in [2.05, 4.69) is 13.1 Å². The van der Waals surface area contributed by atoms with Crippen LogP contribution in [-0.4, -0.2) is 15.4 Å². The van der Waals surface area contributed by atoms with E-state index in [1.807, 2.05) is 0 Å². The second-order valence-electron chi connectivity index (χ2n) is 5.02. The summed E-state index contributed by atoms with van der Waals surface area (Å²) in [5, 5.41) is 0. The molecule has 0 unspecified atom stereocenters. The van der Waals surface area contributed by atoms with E-state index in [4.69, 9.17) is 4.43 Å². The minimum atomic E-state index is -1.60. The van der Waals surface area contributed by atoms with Crippen molar-refractivity contribution in [2.45, 2.75) is 38.4 Å². The molecule has 102 valence electrons. The Hall–Kier alpha value is -0.813. The normalized spacial score (nSPS) is 11.9. The zero-order valence-corrected chi connectivity index (χ0v) is 12.0. The van der Waals surface area contributed by atoms with Crippen LogP contribution in [0.4, 0.5) is 13.2 Å². The summed E-state index contributed by atoms with van der Waals surface area (Å²) in [6.45, 7) is 4.21. The van der Waals surface area contributed by atoms with Crippen molar-refractivity contribution in [1.82, 2.24) is 0 Å². The third kappa shape index (κ3) is 4.46. The van der Waals surface area contributed by atoms with E-state index in [0.717, 1.165) is 24.6 Å². The van der Waals surface area contributed by atoms with E-state index in [1.165, 1.54) is 0 Å². The van der Waals surface area contributed by atoms with Gasteiger partial charge < -0.3 is 4.43 Å². The highest BCUT2D eigenvalue weighted by Gasteiger charge is 2.19. The third-order valence-electron chi connectivity index (χ3n) is 3.11. The number of hydrogen-bond donors (Lipinski definition) is 0. The van der Waals surface area contributed by atoms with Crippen LogP contribution in [0.25, 0.3) is 0 Å². The van der Waals surface area contributed by atoms with Crippen molar-refractivity contribution in [2.24, 2.45) is 0 Å². The molecule has 0 spiro atoms. The predicted octanol–water partition coefficient (Wildman–Crippen LogP) is 4.28. The van der Waals surface area contributed by atoms with Crippen LogP contribution in [0.1, 0.15) is 18.4 Å². The molecule has 0 atom stereocenters. The monoisotopic (exact) mass is 276 g/mol. The maximum atomic E-state index is 13.3. The molecule has 5 heteroatoms.